The molecule has 0 bridgehead atoms. The number of imidazole rings is 1. The Kier molecular flexibility index (Phi) is 4.37. The maximum atomic E-state index is 12.2. The van der Waals surface area contributed by atoms with E-state index in [2.05, 4.69) is 36.2 Å². The first kappa shape index (κ1) is 16.6. The third-order valence-corrected chi connectivity index (χ3v) is 5.16. The summed E-state index contributed by atoms with van der Waals surface area (Å²) in [7, 11) is 1.43. The summed E-state index contributed by atoms with van der Waals surface area (Å²) in [6.45, 7) is 2.06. The van der Waals surface area contributed by atoms with Crippen LogP contribution in [0.1, 0.15) is 30.3 Å². The van der Waals surface area contributed by atoms with E-state index in [1.807, 2.05) is 18.2 Å². The van der Waals surface area contributed by atoms with Crippen molar-refractivity contribution < 1.29 is 9.53 Å². The molecule has 0 aliphatic carbocycles. The van der Waals surface area contributed by atoms with Crippen molar-refractivity contribution in [1.29, 1.82) is 0 Å². The topological polar surface area (TPSA) is 58.2 Å². The molecule has 0 saturated carbocycles. The lowest BCUT2D eigenvalue weighted by Crippen LogP contribution is -2.42. The lowest BCUT2D eigenvalue weighted by Gasteiger charge is -2.34. The molecule has 5 heteroatoms. The number of aromatic nitrogens is 2. The van der Waals surface area contributed by atoms with E-state index in [1.165, 1.54) is 12.7 Å². The van der Waals surface area contributed by atoms with Crippen molar-refractivity contribution in [3.8, 4) is 0 Å². The van der Waals surface area contributed by atoms with Gasteiger partial charge in [0.2, 0.25) is 0 Å². The van der Waals surface area contributed by atoms with Crippen molar-refractivity contribution in [2.45, 2.75) is 38.6 Å². The highest BCUT2D eigenvalue weighted by Crippen LogP contribution is 2.35. The third-order valence-electron chi connectivity index (χ3n) is 5.16. The van der Waals surface area contributed by atoms with Gasteiger partial charge in [-0.15, -0.1) is 0 Å². The number of rotatable bonds is 3. The Balaban J connectivity index is 1.66. The Morgan fingerprint density at radius 2 is 2.04 bits per heavy atom. The molecule has 1 aliphatic rings. The smallest absolute Gasteiger partial charge is 0.414 e. The van der Waals surface area contributed by atoms with Crippen molar-refractivity contribution in [2.75, 3.05) is 12.0 Å². The van der Waals surface area contributed by atoms with Gasteiger partial charge < -0.3 is 9.72 Å². The normalized spacial score (nSPS) is 16.5. The summed E-state index contributed by atoms with van der Waals surface area (Å²) in [5.74, 6) is 0.987. The second-order valence-corrected chi connectivity index (χ2v) is 6.86. The van der Waals surface area contributed by atoms with Crippen molar-refractivity contribution in [3.05, 3.63) is 59.4 Å². The molecule has 3 aromatic rings. The average molecular weight is 349 g/mol. The number of carbonyl (C=O) groups excluding carboxylic acids is 1. The van der Waals surface area contributed by atoms with Crippen LogP contribution in [0.25, 0.3) is 11.0 Å². The molecule has 26 heavy (non-hydrogen) atoms. The predicted octanol–water partition coefficient (Wildman–Crippen LogP) is 4.26. The van der Waals surface area contributed by atoms with Crippen molar-refractivity contribution in [2.24, 2.45) is 0 Å². The van der Waals surface area contributed by atoms with Crippen LogP contribution in [0.15, 0.2) is 42.5 Å². The summed E-state index contributed by atoms with van der Waals surface area (Å²) < 4.78 is 4.98. The molecule has 0 spiro atoms. The summed E-state index contributed by atoms with van der Waals surface area (Å²) in [6, 6.07) is 14.6. The van der Waals surface area contributed by atoms with E-state index in [1.54, 1.807) is 4.90 Å². The van der Waals surface area contributed by atoms with Gasteiger partial charge in [-0.05, 0) is 43.9 Å². The lowest BCUT2D eigenvalue weighted by molar-refractivity contribution is 0.175. The number of nitrogens with zero attached hydrogens (tertiary/aromatic N) is 2. The van der Waals surface area contributed by atoms with Crippen LogP contribution >= 0.6 is 0 Å². The number of carbonyl (C=O) groups is 1. The minimum absolute atomic E-state index is 0.129. The number of anilines is 1. The molecule has 1 N–H and O–H groups in total. The number of aryl methyl sites for hydroxylation is 3. The second-order valence-electron chi connectivity index (χ2n) is 6.86. The van der Waals surface area contributed by atoms with Crippen LogP contribution in [0.2, 0.25) is 0 Å². The summed E-state index contributed by atoms with van der Waals surface area (Å²) in [4.78, 5) is 22.3. The zero-order chi connectivity index (χ0) is 18.1. The molecule has 5 nitrogen and oxygen atoms in total. The molecule has 1 aliphatic heterocycles. The van der Waals surface area contributed by atoms with Crippen molar-refractivity contribution >= 4 is 22.8 Å². The van der Waals surface area contributed by atoms with Crippen LogP contribution in [-0.4, -0.2) is 29.2 Å². The van der Waals surface area contributed by atoms with Crippen LogP contribution in [-0.2, 0) is 24.0 Å². The van der Waals surface area contributed by atoms with Crippen molar-refractivity contribution in [3.63, 3.8) is 0 Å². The standard InChI is InChI=1S/C21H23N3O2/c1-14-8-10-16-18(24(14)21(25)26-2)12-11-17-20(16)23-19(22-17)13-9-15-6-4-3-5-7-15/h3-7,11-12,14H,8-10,13H2,1-2H3,(H,22,23)/t14-/m0/s1. The Labute approximate surface area is 153 Å². The first-order valence-corrected chi connectivity index (χ1v) is 9.09. The van der Waals surface area contributed by atoms with Gasteiger partial charge in [0.05, 0.1) is 23.8 Å². The first-order valence-electron chi connectivity index (χ1n) is 9.09. The van der Waals surface area contributed by atoms with E-state index >= 15 is 0 Å². The van der Waals surface area contributed by atoms with E-state index < -0.39 is 0 Å². The van der Waals surface area contributed by atoms with Gasteiger partial charge in [0.1, 0.15) is 5.82 Å². The minimum Gasteiger partial charge on any atom is -0.452 e. The second kappa shape index (κ2) is 6.83. The third kappa shape index (κ3) is 2.94. The van der Waals surface area contributed by atoms with Crippen LogP contribution in [0.5, 0.6) is 0 Å². The predicted molar refractivity (Wildman–Crippen MR) is 103 cm³/mol. The molecule has 134 valence electrons. The molecule has 1 aromatic heterocycles. The number of benzene rings is 2. The monoisotopic (exact) mass is 349 g/mol. The van der Waals surface area contributed by atoms with Crippen LogP contribution in [0.3, 0.4) is 0 Å². The largest absolute Gasteiger partial charge is 0.452 e. The molecule has 0 saturated heterocycles. The highest BCUT2D eigenvalue weighted by Gasteiger charge is 2.30. The number of fused-ring (bicyclic) bond motifs is 3. The first-order chi connectivity index (χ1) is 12.7. The van der Waals surface area contributed by atoms with E-state index in [9.17, 15) is 4.79 Å². The number of nitrogens with one attached hydrogen (secondary N) is 1. The fraction of sp³-hybridized carbons (Fsp3) is 0.333. The molecular weight excluding hydrogens is 326 g/mol. The van der Waals surface area contributed by atoms with Gasteiger partial charge in [0, 0.05) is 18.0 Å². The zero-order valence-corrected chi connectivity index (χ0v) is 15.2. The number of hydrogen-bond acceptors (Lipinski definition) is 3. The summed E-state index contributed by atoms with van der Waals surface area (Å²) >= 11 is 0. The van der Waals surface area contributed by atoms with Crippen LogP contribution in [0.4, 0.5) is 10.5 Å². The molecule has 0 fully saturated rings. The van der Waals surface area contributed by atoms with Gasteiger partial charge in [0.15, 0.2) is 0 Å². The molecule has 1 atom stereocenters. The van der Waals surface area contributed by atoms with Crippen LogP contribution in [0, 0.1) is 0 Å². The Hall–Kier alpha value is -2.82. The fourth-order valence-corrected chi connectivity index (χ4v) is 3.77. The van der Waals surface area contributed by atoms with E-state index in [-0.39, 0.29) is 12.1 Å². The maximum absolute atomic E-state index is 12.2. The summed E-state index contributed by atoms with van der Waals surface area (Å²) in [5.41, 5.74) is 5.37. The van der Waals surface area contributed by atoms with Gasteiger partial charge in [-0.3, -0.25) is 4.90 Å². The fourth-order valence-electron chi connectivity index (χ4n) is 3.77. The van der Waals surface area contributed by atoms with E-state index in [4.69, 9.17) is 9.72 Å². The average Bonchev–Trinajstić information content (AvgIpc) is 3.10. The molecule has 0 radical (unpaired) electrons. The number of H-pyrrole nitrogens is 1. The number of amides is 1. The lowest BCUT2D eigenvalue weighted by atomic mass is 9.96. The molecule has 2 heterocycles. The van der Waals surface area contributed by atoms with Gasteiger partial charge >= 0.3 is 6.09 Å². The van der Waals surface area contributed by atoms with Crippen molar-refractivity contribution in [1.82, 2.24) is 9.97 Å². The van der Waals surface area contributed by atoms with E-state index in [0.29, 0.717) is 0 Å². The number of hydrogen-bond donors (Lipinski definition) is 1. The van der Waals surface area contributed by atoms with Gasteiger partial charge in [-0.2, -0.15) is 0 Å². The minimum atomic E-state index is -0.308. The molecular formula is C21H23N3O2. The number of aromatic amines is 1. The highest BCUT2D eigenvalue weighted by atomic mass is 16.5. The quantitative estimate of drug-likeness (QED) is 0.769. The summed E-state index contributed by atoms with van der Waals surface area (Å²) in [5, 5.41) is 0. The molecule has 2 aromatic carbocycles. The molecule has 0 unspecified atom stereocenters. The Morgan fingerprint density at radius 3 is 2.81 bits per heavy atom. The number of methoxy groups -OCH3 is 1. The van der Waals surface area contributed by atoms with Gasteiger partial charge in [-0.1, -0.05) is 30.3 Å². The Morgan fingerprint density at radius 1 is 1.23 bits per heavy atom. The maximum Gasteiger partial charge on any atom is 0.414 e. The van der Waals surface area contributed by atoms with Crippen LogP contribution < -0.4 is 4.90 Å². The van der Waals surface area contributed by atoms with Gasteiger partial charge in [0.25, 0.3) is 0 Å². The Bertz CT molecular complexity index is 933. The zero-order valence-electron chi connectivity index (χ0n) is 15.2. The SMILES string of the molecule is COC(=O)N1c2ccc3[nH]c(CCc4ccccc4)nc3c2CC[C@@H]1C. The molecule has 4 rings (SSSR count). The summed E-state index contributed by atoms with van der Waals surface area (Å²) in [6.07, 6.45) is 3.34. The number of ether oxygens (including phenoxy) is 1. The molecule has 1 amide bonds. The highest BCUT2D eigenvalue weighted by molar-refractivity contribution is 5.95. The van der Waals surface area contributed by atoms with E-state index in [0.717, 1.165) is 53.8 Å². The van der Waals surface area contributed by atoms with Gasteiger partial charge in [-0.25, -0.2) is 9.78 Å².